The summed E-state index contributed by atoms with van der Waals surface area (Å²) in [6.07, 6.45) is 6.80. The van der Waals surface area contributed by atoms with Crippen molar-refractivity contribution in [3.05, 3.63) is 76.6 Å². The molecular formula is C45H55N9O7. The fourth-order valence-corrected chi connectivity index (χ4v) is 9.53. The van der Waals surface area contributed by atoms with E-state index in [0.717, 1.165) is 74.6 Å². The number of fused-ring (bicyclic) bond motifs is 1. The minimum atomic E-state index is -0.876. The largest absolute Gasteiger partial charge is 0.380 e. The molecule has 5 aliphatic rings. The molecule has 16 nitrogen and oxygen atoms in total. The summed E-state index contributed by atoms with van der Waals surface area (Å²) < 4.78 is 6.02. The monoisotopic (exact) mass is 833 g/mol. The molecule has 3 saturated heterocycles. The molecule has 2 aromatic carbocycles. The molecule has 4 aliphatic heterocycles. The molecule has 3 N–H and O–H groups in total. The van der Waals surface area contributed by atoms with Crippen molar-refractivity contribution in [1.29, 1.82) is 0 Å². The van der Waals surface area contributed by atoms with Crippen LogP contribution in [0.4, 0.5) is 22.1 Å². The van der Waals surface area contributed by atoms with Crippen molar-refractivity contribution < 1.29 is 33.5 Å². The number of primary amides is 1. The first-order valence-corrected chi connectivity index (χ1v) is 21.6. The minimum absolute atomic E-state index is 0.00360. The summed E-state index contributed by atoms with van der Waals surface area (Å²) in [6.45, 7) is 8.94. The Bertz CT molecular complexity index is 2210. The van der Waals surface area contributed by atoms with Gasteiger partial charge in [0.1, 0.15) is 11.6 Å². The molecule has 2 atom stereocenters. The molecule has 4 fully saturated rings. The number of benzene rings is 2. The van der Waals surface area contributed by atoms with Gasteiger partial charge in [0.2, 0.25) is 0 Å². The van der Waals surface area contributed by atoms with E-state index in [2.05, 4.69) is 39.2 Å². The number of aryl methyl sites for hydroxylation is 1. The number of piperidine rings is 2. The summed E-state index contributed by atoms with van der Waals surface area (Å²) in [4.78, 5) is 94.5. The lowest BCUT2D eigenvalue weighted by molar-refractivity contribution is -0.132. The first-order chi connectivity index (χ1) is 29.4. The van der Waals surface area contributed by atoms with Gasteiger partial charge in [-0.25, -0.2) is 14.8 Å². The van der Waals surface area contributed by atoms with Crippen LogP contribution in [0.1, 0.15) is 101 Å². The number of amides is 5. The Morgan fingerprint density at radius 3 is 2.46 bits per heavy atom. The average molecular weight is 834 g/mol. The Hall–Kier alpha value is -5.74. The van der Waals surface area contributed by atoms with Gasteiger partial charge in [-0.05, 0) is 92.8 Å². The first kappa shape index (κ1) is 42.0. The number of urea groups is 1. The number of anilines is 3. The third-order valence-electron chi connectivity index (χ3n) is 13.3. The van der Waals surface area contributed by atoms with Crippen LogP contribution in [0.3, 0.4) is 0 Å². The number of likely N-dealkylation sites (N-methyl/N-ethyl adjacent to an activating group) is 1. The van der Waals surface area contributed by atoms with Gasteiger partial charge in [0.25, 0.3) is 17.7 Å². The van der Waals surface area contributed by atoms with E-state index in [4.69, 9.17) is 15.5 Å². The number of aromatic nitrogens is 2. The maximum absolute atomic E-state index is 13.4. The third kappa shape index (κ3) is 8.73. The summed E-state index contributed by atoms with van der Waals surface area (Å²) in [5.74, 6) is -1.16. The Balaban J connectivity index is 0.793. The Morgan fingerprint density at radius 1 is 0.951 bits per heavy atom. The maximum atomic E-state index is 13.4. The van der Waals surface area contributed by atoms with Crippen LogP contribution in [0.5, 0.6) is 0 Å². The second-order valence-corrected chi connectivity index (χ2v) is 17.3. The third-order valence-corrected chi connectivity index (χ3v) is 13.3. The fraction of sp³-hybridized carbons (Fsp3) is 0.511. The number of carbonyl (C=O) groups excluding carboxylic acids is 6. The molecule has 16 heteroatoms. The number of hydrogen-bond donors (Lipinski definition) is 2. The van der Waals surface area contributed by atoms with Crippen LogP contribution >= 0.6 is 0 Å². The second-order valence-electron chi connectivity index (χ2n) is 17.3. The molecule has 1 unspecified atom stereocenters. The number of Topliss-reactive ketones (excluding diaryl/α,β-unsaturated/α-hetero) is 2. The predicted octanol–water partition coefficient (Wildman–Crippen LogP) is 3.94. The van der Waals surface area contributed by atoms with Gasteiger partial charge in [0.15, 0.2) is 17.3 Å². The number of nitrogens with zero attached hydrogens (tertiary/aromatic N) is 7. The molecule has 8 rings (SSSR count). The summed E-state index contributed by atoms with van der Waals surface area (Å²) in [6, 6.07) is 12.8. The van der Waals surface area contributed by atoms with Crippen molar-refractivity contribution in [2.24, 2.45) is 5.73 Å². The van der Waals surface area contributed by atoms with Gasteiger partial charge in [-0.2, -0.15) is 0 Å². The van der Waals surface area contributed by atoms with E-state index in [-0.39, 0.29) is 54.0 Å². The molecule has 0 spiro atoms. The molecule has 0 bridgehead atoms. The van der Waals surface area contributed by atoms with E-state index in [0.29, 0.717) is 61.9 Å². The van der Waals surface area contributed by atoms with Crippen molar-refractivity contribution in [2.75, 3.05) is 76.3 Å². The molecular weight excluding hydrogens is 779 g/mol. The van der Waals surface area contributed by atoms with Gasteiger partial charge >= 0.3 is 6.03 Å². The zero-order valence-electron chi connectivity index (χ0n) is 35.1. The number of rotatable bonds is 14. The van der Waals surface area contributed by atoms with E-state index < -0.39 is 23.8 Å². The number of likely N-dealkylation sites (tertiary alicyclic amines) is 1. The molecule has 3 aromatic rings. The van der Waals surface area contributed by atoms with E-state index in [1.807, 2.05) is 30.1 Å². The quantitative estimate of drug-likeness (QED) is 0.135. The normalized spacial score (nSPS) is 22.0. The number of nitrogens with one attached hydrogen (secondary N) is 1. The summed E-state index contributed by atoms with van der Waals surface area (Å²) in [5, 5.41) is 3.30. The highest BCUT2D eigenvalue weighted by molar-refractivity contribution is 6.24. The molecule has 5 amide bonds. The summed E-state index contributed by atoms with van der Waals surface area (Å²) >= 11 is 0. The van der Waals surface area contributed by atoms with E-state index in [9.17, 15) is 28.8 Å². The highest BCUT2D eigenvalue weighted by Crippen LogP contribution is 2.36. The van der Waals surface area contributed by atoms with E-state index >= 15 is 0 Å². The van der Waals surface area contributed by atoms with Crippen molar-refractivity contribution in [1.82, 2.24) is 29.6 Å². The average Bonchev–Trinajstić information content (AvgIpc) is 3.73. The lowest BCUT2D eigenvalue weighted by Gasteiger charge is -2.40. The highest BCUT2D eigenvalue weighted by atomic mass is 16.5. The Labute approximate surface area is 355 Å². The van der Waals surface area contributed by atoms with E-state index in [1.165, 1.54) is 5.56 Å². The van der Waals surface area contributed by atoms with Crippen LogP contribution < -0.4 is 16.0 Å². The maximum Gasteiger partial charge on any atom is 0.320 e. The van der Waals surface area contributed by atoms with Crippen molar-refractivity contribution in [3.63, 3.8) is 0 Å². The smallest absolute Gasteiger partial charge is 0.320 e. The number of ketones is 2. The number of ether oxygens (including phenoxy) is 1. The number of carbonyl (C=O) groups is 6. The number of hydrogen-bond acceptors (Lipinski definition) is 12. The van der Waals surface area contributed by atoms with Crippen molar-refractivity contribution >= 4 is 52.6 Å². The zero-order chi connectivity index (χ0) is 42.8. The number of nitrogens with two attached hydrogens (primary N) is 1. The van der Waals surface area contributed by atoms with Crippen molar-refractivity contribution in [2.45, 2.75) is 82.2 Å². The van der Waals surface area contributed by atoms with Crippen LogP contribution in [0.25, 0.3) is 0 Å². The summed E-state index contributed by atoms with van der Waals surface area (Å²) in [7, 11) is 1.83. The van der Waals surface area contributed by atoms with Crippen LogP contribution in [-0.2, 0) is 26.2 Å². The molecule has 1 aromatic heterocycles. The second kappa shape index (κ2) is 17.7. The minimum Gasteiger partial charge on any atom is -0.380 e. The number of imide groups is 1. The van der Waals surface area contributed by atoms with Crippen LogP contribution in [-0.4, -0.2) is 143 Å². The Kier molecular flexibility index (Phi) is 12.2. The standard InChI is InChI=1S/C45H55N9O7/c1-45(30-10-12-31(13-11-30)48-41-39(40(46)57)47-27-37(49-41)52-18-4-8-32(28-52)53-22-21-50(2)44(53)60)16-19-51(20-17-45)23-25-61-24-5-7-29-6-3-9-34-38(29)43(59)54(42(34)58)35-15-14-33(55)26-36(35)56/h3,6,9-13,27,32,35H,4-5,7-8,14-26,28H2,1-2H3,(H2,46,57)(H,48,49)/t32-,35?/m1/s1. The SMILES string of the molecule is CN1CCN([C@@H]2CCCN(c3cnc(C(N)=O)c(Nc4ccc(C5(C)CCN(CCOCCCc6cccc7c6C(=O)N(C6CCC(=O)CC6=O)C7=O)CC5)cc4)n3)C2)C1=O. The van der Waals surface area contributed by atoms with Crippen molar-refractivity contribution in [3.8, 4) is 0 Å². The zero-order valence-corrected chi connectivity index (χ0v) is 35.1. The highest BCUT2D eigenvalue weighted by Gasteiger charge is 2.45. The Morgan fingerprint density at radius 2 is 1.74 bits per heavy atom. The van der Waals surface area contributed by atoms with Gasteiger partial charge < -0.3 is 35.4 Å². The van der Waals surface area contributed by atoms with Crippen LogP contribution in [0.15, 0.2) is 48.7 Å². The molecule has 61 heavy (non-hydrogen) atoms. The molecule has 1 aliphatic carbocycles. The van der Waals surface area contributed by atoms with Gasteiger partial charge in [0.05, 0.1) is 42.4 Å². The molecule has 0 radical (unpaired) electrons. The van der Waals surface area contributed by atoms with Gasteiger partial charge in [-0.3, -0.25) is 28.9 Å². The topological polar surface area (TPSA) is 192 Å². The summed E-state index contributed by atoms with van der Waals surface area (Å²) in [5.41, 5.74) is 9.24. The first-order valence-electron chi connectivity index (χ1n) is 21.6. The lowest BCUT2D eigenvalue weighted by Crippen LogP contribution is -2.49. The molecule has 1 saturated carbocycles. The van der Waals surface area contributed by atoms with Crippen LogP contribution in [0.2, 0.25) is 0 Å². The van der Waals surface area contributed by atoms with Crippen LogP contribution in [0, 0.1) is 0 Å². The van der Waals surface area contributed by atoms with Gasteiger partial charge in [0, 0.05) is 58.5 Å². The molecule has 5 heterocycles. The predicted molar refractivity (Wildman–Crippen MR) is 227 cm³/mol. The van der Waals surface area contributed by atoms with Gasteiger partial charge in [-0.1, -0.05) is 31.2 Å². The molecule has 322 valence electrons. The lowest BCUT2D eigenvalue weighted by atomic mass is 9.74. The van der Waals surface area contributed by atoms with Gasteiger partial charge in [-0.15, -0.1) is 0 Å². The van der Waals surface area contributed by atoms with E-state index in [1.54, 1.807) is 23.2 Å². The fourth-order valence-electron chi connectivity index (χ4n) is 9.53.